The molecule has 0 amide bonds. The first-order chi connectivity index (χ1) is 12.3. The Labute approximate surface area is 153 Å². The summed E-state index contributed by atoms with van der Waals surface area (Å²) in [5.41, 5.74) is 1.78. The number of phenolic OH excluding ortho intramolecular Hbond substituents is 1. The van der Waals surface area contributed by atoms with Crippen LogP contribution >= 0.6 is 0 Å². The number of methoxy groups -OCH3 is 3. The highest BCUT2D eigenvalue weighted by Gasteiger charge is 2.26. The molecule has 2 aromatic carbocycles. The van der Waals surface area contributed by atoms with Crippen molar-refractivity contribution in [1.29, 1.82) is 0 Å². The Hall–Kier alpha value is -2.89. The molecule has 2 rings (SSSR count). The lowest BCUT2D eigenvalue weighted by Gasteiger charge is -2.20. The summed E-state index contributed by atoms with van der Waals surface area (Å²) in [5.74, 6) is 0.648. The van der Waals surface area contributed by atoms with Crippen LogP contribution in [0, 0.1) is 6.92 Å². The van der Waals surface area contributed by atoms with Crippen molar-refractivity contribution in [2.75, 3.05) is 21.3 Å². The van der Waals surface area contributed by atoms with Crippen molar-refractivity contribution < 1.29 is 28.8 Å². The summed E-state index contributed by atoms with van der Waals surface area (Å²) < 4.78 is 21.5. The molecule has 0 spiro atoms. The molecule has 0 aliphatic heterocycles. The van der Waals surface area contributed by atoms with Gasteiger partial charge in [0.25, 0.3) is 0 Å². The van der Waals surface area contributed by atoms with Crippen molar-refractivity contribution in [1.82, 2.24) is 0 Å². The van der Waals surface area contributed by atoms with Crippen molar-refractivity contribution in [3.63, 3.8) is 0 Å². The highest BCUT2D eigenvalue weighted by Crippen LogP contribution is 2.46. The third-order valence-electron chi connectivity index (χ3n) is 3.77. The number of aromatic hydroxyl groups is 1. The quantitative estimate of drug-likeness (QED) is 0.786. The lowest BCUT2D eigenvalue weighted by Crippen LogP contribution is -2.10. The van der Waals surface area contributed by atoms with Crippen LogP contribution in [-0.2, 0) is 4.74 Å². The fraction of sp³-hybridized carbons (Fsp3) is 0.350. The van der Waals surface area contributed by atoms with Crippen molar-refractivity contribution in [2.24, 2.45) is 0 Å². The molecule has 0 bridgehead atoms. The molecule has 6 nitrogen and oxygen atoms in total. The van der Waals surface area contributed by atoms with E-state index in [1.807, 2.05) is 20.8 Å². The van der Waals surface area contributed by atoms with E-state index in [-0.39, 0.29) is 17.4 Å². The zero-order valence-electron chi connectivity index (χ0n) is 15.9. The summed E-state index contributed by atoms with van der Waals surface area (Å²) in [7, 11) is 4.26. The van der Waals surface area contributed by atoms with E-state index in [0.717, 1.165) is 5.56 Å². The third kappa shape index (κ3) is 3.85. The molecule has 0 atom stereocenters. The van der Waals surface area contributed by atoms with E-state index >= 15 is 0 Å². The van der Waals surface area contributed by atoms with Crippen LogP contribution in [0.1, 0.15) is 29.8 Å². The SMILES string of the molecule is COC(=O)c1cc(OC)cc(OC)c1-c1c(O)cc(C)cc1OC(C)C. The predicted molar refractivity (Wildman–Crippen MR) is 98.5 cm³/mol. The van der Waals surface area contributed by atoms with Gasteiger partial charge >= 0.3 is 5.97 Å². The summed E-state index contributed by atoms with van der Waals surface area (Å²) in [6, 6.07) is 6.59. The number of esters is 1. The minimum Gasteiger partial charge on any atom is -0.507 e. The van der Waals surface area contributed by atoms with Crippen LogP contribution in [0.4, 0.5) is 0 Å². The lowest BCUT2D eigenvalue weighted by atomic mass is 9.95. The van der Waals surface area contributed by atoms with Gasteiger partial charge in [-0.1, -0.05) is 0 Å². The molecule has 0 unspecified atom stereocenters. The molecule has 0 saturated heterocycles. The molecule has 0 aliphatic rings. The van der Waals surface area contributed by atoms with Gasteiger partial charge < -0.3 is 24.1 Å². The molecule has 6 heteroatoms. The van der Waals surface area contributed by atoms with Crippen molar-refractivity contribution >= 4 is 5.97 Å². The summed E-state index contributed by atoms with van der Waals surface area (Å²) in [4.78, 5) is 12.4. The molecule has 0 saturated carbocycles. The van der Waals surface area contributed by atoms with Gasteiger partial charge in [0.15, 0.2) is 0 Å². The average molecular weight is 360 g/mol. The number of rotatable bonds is 6. The van der Waals surface area contributed by atoms with Gasteiger partial charge in [0.05, 0.1) is 38.6 Å². The molecule has 0 aliphatic carbocycles. The first-order valence-corrected chi connectivity index (χ1v) is 8.17. The first-order valence-electron chi connectivity index (χ1n) is 8.17. The number of aryl methyl sites for hydroxylation is 1. The number of hydrogen-bond donors (Lipinski definition) is 1. The maximum absolute atomic E-state index is 12.4. The molecule has 26 heavy (non-hydrogen) atoms. The summed E-state index contributed by atoms with van der Waals surface area (Å²) >= 11 is 0. The van der Waals surface area contributed by atoms with Gasteiger partial charge in [-0.2, -0.15) is 0 Å². The monoisotopic (exact) mass is 360 g/mol. The molecule has 0 aromatic heterocycles. The van der Waals surface area contributed by atoms with Crippen LogP contribution in [0.3, 0.4) is 0 Å². The maximum atomic E-state index is 12.4. The van der Waals surface area contributed by atoms with E-state index in [2.05, 4.69) is 0 Å². The van der Waals surface area contributed by atoms with E-state index < -0.39 is 5.97 Å². The molecular formula is C20H24O6. The number of ether oxygens (including phenoxy) is 4. The second-order valence-electron chi connectivity index (χ2n) is 6.07. The first kappa shape index (κ1) is 19.4. The zero-order chi connectivity index (χ0) is 19.4. The van der Waals surface area contributed by atoms with Gasteiger partial charge in [-0.05, 0) is 44.5 Å². The maximum Gasteiger partial charge on any atom is 0.338 e. The van der Waals surface area contributed by atoms with Gasteiger partial charge in [0, 0.05) is 11.6 Å². The number of hydrogen-bond acceptors (Lipinski definition) is 6. The minimum absolute atomic E-state index is 0.0192. The van der Waals surface area contributed by atoms with Gasteiger partial charge in [0.1, 0.15) is 23.0 Å². The number of carbonyl (C=O) groups is 1. The van der Waals surface area contributed by atoms with Gasteiger partial charge in [-0.15, -0.1) is 0 Å². The Kier molecular flexibility index (Phi) is 5.97. The normalized spacial score (nSPS) is 10.6. The van der Waals surface area contributed by atoms with E-state index in [9.17, 15) is 9.90 Å². The second-order valence-corrected chi connectivity index (χ2v) is 6.07. The number of phenols is 1. The zero-order valence-corrected chi connectivity index (χ0v) is 15.9. The van der Waals surface area contributed by atoms with Crippen LogP contribution in [-0.4, -0.2) is 38.5 Å². The number of carbonyl (C=O) groups excluding carboxylic acids is 1. The average Bonchev–Trinajstić information content (AvgIpc) is 2.59. The molecule has 2 aromatic rings. The molecule has 1 N–H and O–H groups in total. The van der Waals surface area contributed by atoms with Crippen LogP contribution in [0.25, 0.3) is 11.1 Å². The fourth-order valence-corrected chi connectivity index (χ4v) is 2.73. The second kappa shape index (κ2) is 7.99. The Morgan fingerprint density at radius 2 is 1.65 bits per heavy atom. The minimum atomic E-state index is -0.576. The molecular weight excluding hydrogens is 336 g/mol. The molecule has 0 fully saturated rings. The molecule has 140 valence electrons. The van der Waals surface area contributed by atoms with Crippen LogP contribution in [0.15, 0.2) is 24.3 Å². The van der Waals surface area contributed by atoms with Crippen molar-refractivity contribution in [3.8, 4) is 34.1 Å². The summed E-state index contributed by atoms with van der Waals surface area (Å²) in [6.45, 7) is 5.62. The Morgan fingerprint density at radius 1 is 0.962 bits per heavy atom. The van der Waals surface area contributed by atoms with Crippen molar-refractivity contribution in [3.05, 3.63) is 35.4 Å². The van der Waals surface area contributed by atoms with Gasteiger partial charge in [0.2, 0.25) is 0 Å². The molecule has 0 heterocycles. The van der Waals surface area contributed by atoms with E-state index in [4.69, 9.17) is 18.9 Å². The predicted octanol–water partition coefficient (Wildman–Crippen LogP) is 3.96. The van der Waals surface area contributed by atoms with E-state index in [1.54, 1.807) is 24.3 Å². The third-order valence-corrected chi connectivity index (χ3v) is 3.77. The summed E-state index contributed by atoms with van der Waals surface area (Å²) in [6.07, 6.45) is -0.124. The smallest absolute Gasteiger partial charge is 0.338 e. The largest absolute Gasteiger partial charge is 0.507 e. The topological polar surface area (TPSA) is 74.2 Å². The van der Waals surface area contributed by atoms with Crippen molar-refractivity contribution in [2.45, 2.75) is 26.9 Å². The summed E-state index contributed by atoms with van der Waals surface area (Å²) in [5, 5.41) is 10.6. The Balaban J connectivity index is 2.88. The van der Waals surface area contributed by atoms with Crippen LogP contribution < -0.4 is 14.2 Å². The highest BCUT2D eigenvalue weighted by atomic mass is 16.5. The highest BCUT2D eigenvalue weighted by molar-refractivity contribution is 6.01. The van der Waals surface area contributed by atoms with Crippen LogP contribution in [0.2, 0.25) is 0 Å². The standard InChI is InChI=1S/C20H24O6/c1-11(2)26-17-8-12(3)7-15(21)19(17)18-14(20(22)25-6)9-13(23-4)10-16(18)24-5/h7-11,21H,1-6H3. The van der Waals surface area contributed by atoms with Gasteiger partial charge in [-0.3, -0.25) is 0 Å². The Morgan fingerprint density at radius 3 is 2.19 bits per heavy atom. The van der Waals surface area contributed by atoms with Crippen LogP contribution in [0.5, 0.6) is 23.0 Å². The fourth-order valence-electron chi connectivity index (χ4n) is 2.73. The Bertz CT molecular complexity index is 810. The lowest BCUT2D eigenvalue weighted by molar-refractivity contribution is 0.0601. The molecule has 0 radical (unpaired) electrons. The van der Waals surface area contributed by atoms with E-state index in [1.165, 1.54) is 21.3 Å². The van der Waals surface area contributed by atoms with E-state index in [0.29, 0.717) is 28.4 Å². The number of benzene rings is 2. The van der Waals surface area contributed by atoms with Gasteiger partial charge in [-0.25, -0.2) is 4.79 Å².